The molecule has 0 heterocycles. The second-order valence-corrected chi connectivity index (χ2v) is 16.8. The molecule has 0 amide bonds. The molecule has 4 heteroatoms. The maximum absolute atomic E-state index is 6.53. The second kappa shape index (κ2) is 15.3. The van der Waals surface area contributed by atoms with Crippen molar-refractivity contribution in [2.75, 3.05) is 13.9 Å². The molecule has 2 unspecified atom stereocenters. The highest BCUT2D eigenvalue weighted by Gasteiger charge is 2.35. The molecule has 3 nitrogen and oxygen atoms in total. The minimum atomic E-state index is -0.130. The summed E-state index contributed by atoms with van der Waals surface area (Å²) in [5, 5.41) is 1.34. The molecule has 2 atom stereocenters. The van der Waals surface area contributed by atoms with Gasteiger partial charge in [-0.1, -0.05) is 155 Å². The van der Waals surface area contributed by atoms with E-state index in [0.29, 0.717) is 8.58 Å². The SMILES string of the molecule is CCC(C)(Pc1c(C)cccc1CN(Cc1ccccc1)Cc1ccccc1)c1cc(C(C)(C)C)cc(C(C)(C)C)c1OCOC. The lowest BCUT2D eigenvalue weighted by molar-refractivity contribution is 0.0486. The van der Waals surface area contributed by atoms with Gasteiger partial charge in [0.2, 0.25) is 0 Å². The van der Waals surface area contributed by atoms with Gasteiger partial charge in [-0.2, -0.15) is 0 Å². The smallest absolute Gasteiger partial charge is 0.188 e. The number of hydrogen-bond donors (Lipinski definition) is 0. The molecule has 0 saturated heterocycles. The van der Waals surface area contributed by atoms with Crippen LogP contribution in [0.15, 0.2) is 91.0 Å². The quantitative estimate of drug-likeness (QED) is 0.108. The second-order valence-electron chi connectivity index (χ2n) is 15.0. The Morgan fingerprint density at radius 2 is 1.24 bits per heavy atom. The minimum Gasteiger partial charge on any atom is -0.467 e. The van der Waals surface area contributed by atoms with Crippen molar-refractivity contribution >= 4 is 13.9 Å². The Kier molecular flexibility index (Phi) is 11.9. The van der Waals surface area contributed by atoms with E-state index in [9.17, 15) is 0 Å². The summed E-state index contributed by atoms with van der Waals surface area (Å²) in [6, 6.07) is 33.4. The summed E-state index contributed by atoms with van der Waals surface area (Å²) in [4.78, 5) is 2.59. The third kappa shape index (κ3) is 9.09. The highest BCUT2D eigenvalue weighted by Crippen LogP contribution is 2.51. The molecule has 0 bridgehead atoms. The van der Waals surface area contributed by atoms with Crippen LogP contribution in [0.2, 0.25) is 0 Å². The number of methoxy groups -OCH3 is 1. The number of benzene rings is 4. The Hall–Kier alpha value is -2.97. The fraction of sp³-hybridized carbons (Fsp3) is 0.429. The van der Waals surface area contributed by atoms with Gasteiger partial charge in [-0.05, 0) is 57.3 Å². The molecular formula is C42H56NO2P. The lowest BCUT2D eigenvalue weighted by Gasteiger charge is -2.37. The first kappa shape index (κ1) is 35.9. The van der Waals surface area contributed by atoms with Crippen molar-refractivity contribution in [1.29, 1.82) is 0 Å². The Balaban J connectivity index is 1.81. The Morgan fingerprint density at radius 1 is 0.674 bits per heavy atom. The first-order valence-electron chi connectivity index (χ1n) is 16.7. The molecule has 4 aromatic rings. The molecule has 0 N–H and O–H groups in total. The summed E-state index contributed by atoms with van der Waals surface area (Å²) in [5.74, 6) is 0.990. The molecule has 0 aliphatic carbocycles. The van der Waals surface area contributed by atoms with Crippen molar-refractivity contribution in [3.05, 3.63) is 130 Å². The molecule has 0 aromatic heterocycles. The predicted octanol–water partition coefficient (Wildman–Crippen LogP) is 10.4. The van der Waals surface area contributed by atoms with Crippen LogP contribution in [0, 0.1) is 6.92 Å². The zero-order valence-electron chi connectivity index (χ0n) is 30.0. The average Bonchev–Trinajstić information content (AvgIpc) is 3.01. The molecule has 0 radical (unpaired) electrons. The number of hydrogen-bond acceptors (Lipinski definition) is 3. The van der Waals surface area contributed by atoms with Gasteiger partial charge in [0.1, 0.15) is 5.75 Å². The van der Waals surface area contributed by atoms with Gasteiger partial charge in [0.15, 0.2) is 6.79 Å². The van der Waals surface area contributed by atoms with Gasteiger partial charge in [0, 0.05) is 43.0 Å². The molecule has 0 aliphatic rings. The van der Waals surface area contributed by atoms with Crippen LogP contribution in [0.1, 0.15) is 101 Å². The van der Waals surface area contributed by atoms with Crippen LogP contribution in [-0.4, -0.2) is 18.8 Å². The van der Waals surface area contributed by atoms with Gasteiger partial charge >= 0.3 is 0 Å². The molecule has 0 spiro atoms. The van der Waals surface area contributed by atoms with Crippen LogP contribution >= 0.6 is 8.58 Å². The number of nitrogens with zero attached hydrogens (tertiary/aromatic N) is 1. The normalized spacial score (nSPS) is 13.8. The average molecular weight is 638 g/mol. The standard InChI is InChI=1S/C42H56NO2P/c1-11-42(9,37-26-35(40(3,4)5)25-36(41(6,7)8)38(37)45-30-44-10)46-39-31(2)19-18-24-34(39)29-43(27-32-20-14-12-15-21-32)28-33-22-16-13-17-23-33/h12-26,46H,11,27-30H2,1-10H3. The van der Waals surface area contributed by atoms with Gasteiger partial charge in [0.05, 0.1) is 0 Å². The van der Waals surface area contributed by atoms with Gasteiger partial charge in [-0.25, -0.2) is 0 Å². The topological polar surface area (TPSA) is 21.7 Å². The van der Waals surface area contributed by atoms with Crippen LogP contribution in [0.4, 0.5) is 0 Å². The Bertz CT molecular complexity index is 1510. The maximum atomic E-state index is 6.53. The predicted molar refractivity (Wildman–Crippen MR) is 199 cm³/mol. The Labute approximate surface area is 281 Å². The van der Waals surface area contributed by atoms with Gasteiger partial charge < -0.3 is 9.47 Å². The molecular weight excluding hydrogens is 581 g/mol. The highest BCUT2D eigenvalue weighted by molar-refractivity contribution is 7.48. The van der Waals surface area contributed by atoms with E-state index in [2.05, 4.69) is 158 Å². The van der Waals surface area contributed by atoms with E-state index >= 15 is 0 Å². The van der Waals surface area contributed by atoms with Crippen LogP contribution < -0.4 is 10.0 Å². The van der Waals surface area contributed by atoms with E-state index in [0.717, 1.165) is 31.8 Å². The fourth-order valence-electron chi connectivity index (χ4n) is 6.06. The summed E-state index contributed by atoms with van der Waals surface area (Å²) in [6.07, 6.45) is 0.998. The van der Waals surface area contributed by atoms with Crippen molar-refractivity contribution in [1.82, 2.24) is 4.90 Å². The fourth-order valence-corrected chi connectivity index (χ4v) is 7.71. The summed E-state index contributed by atoms with van der Waals surface area (Å²) in [5.41, 5.74) is 9.26. The number of rotatable bonds is 13. The summed E-state index contributed by atoms with van der Waals surface area (Å²) in [6.45, 7) is 23.8. The zero-order chi connectivity index (χ0) is 33.5. The first-order chi connectivity index (χ1) is 21.7. The van der Waals surface area contributed by atoms with Gasteiger partial charge in [-0.3, -0.25) is 4.90 Å². The molecule has 246 valence electrons. The van der Waals surface area contributed by atoms with E-state index in [1.54, 1.807) is 7.11 Å². The van der Waals surface area contributed by atoms with Crippen LogP contribution in [-0.2, 0) is 40.4 Å². The third-order valence-corrected chi connectivity index (χ3v) is 11.2. The van der Waals surface area contributed by atoms with Crippen LogP contribution in [0.3, 0.4) is 0 Å². The van der Waals surface area contributed by atoms with Crippen LogP contribution in [0.25, 0.3) is 0 Å². The van der Waals surface area contributed by atoms with Crippen molar-refractivity contribution in [3.63, 3.8) is 0 Å². The summed E-state index contributed by atoms with van der Waals surface area (Å²) >= 11 is 0. The van der Waals surface area contributed by atoms with Crippen LogP contribution in [0.5, 0.6) is 5.75 Å². The summed E-state index contributed by atoms with van der Waals surface area (Å²) in [7, 11) is 2.28. The first-order valence-corrected chi connectivity index (χ1v) is 17.7. The molecule has 4 aromatic carbocycles. The largest absolute Gasteiger partial charge is 0.467 e. The molecule has 0 saturated carbocycles. The number of ether oxygens (including phenoxy) is 2. The van der Waals surface area contributed by atoms with E-state index < -0.39 is 0 Å². The van der Waals surface area contributed by atoms with Crippen molar-refractivity contribution in [2.24, 2.45) is 0 Å². The van der Waals surface area contributed by atoms with Gasteiger partial charge in [0.25, 0.3) is 0 Å². The summed E-state index contributed by atoms with van der Waals surface area (Å²) < 4.78 is 12.0. The molecule has 0 aliphatic heterocycles. The number of aryl methyl sites for hydroxylation is 1. The Morgan fingerprint density at radius 3 is 1.74 bits per heavy atom. The van der Waals surface area contributed by atoms with E-state index in [-0.39, 0.29) is 22.8 Å². The van der Waals surface area contributed by atoms with E-state index in [1.807, 2.05) is 0 Å². The van der Waals surface area contributed by atoms with Crippen molar-refractivity contribution in [3.8, 4) is 5.75 Å². The van der Waals surface area contributed by atoms with Gasteiger partial charge in [-0.15, -0.1) is 0 Å². The minimum absolute atomic E-state index is 0.00943. The lowest BCUT2D eigenvalue weighted by atomic mass is 9.77. The molecule has 46 heavy (non-hydrogen) atoms. The third-order valence-electron chi connectivity index (χ3n) is 9.04. The highest BCUT2D eigenvalue weighted by atomic mass is 31.1. The molecule has 0 fully saturated rings. The van der Waals surface area contributed by atoms with E-state index in [4.69, 9.17) is 9.47 Å². The zero-order valence-corrected chi connectivity index (χ0v) is 31.0. The lowest BCUT2D eigenvalue weighted by Crippen LogP contribution is -2.28. The van der Waals surface area contributed by atoms with E-state index in [1.165, 1.54) is 44.2 Å². The monoisotopic (exact) mass is 637 g/mol. The molecule has 4 rings (SSSR count). The van der Waals surface area contributed by atoms with Crippen molar-refractivity contribution in [2.45, 2.75) is 104 Å². The maximum Gasteiger partial charge on any atom is 0.188 e. The van der Waals surface area contributed by atoms with Crippen molar-refractivity contribution < 1.29 is 9.47 Å².